The molecule has 1 saturated carbocycles. The Kier molecular flexibility index (Phi) is 6.46. The topological polar surface area (TPSA) is 110 Å². The van der Waals surface area contributed by atoms with Crippen molar-refractivity contribution in [2.45, 2.75) is 51.3 Å². The fourth-order valence-corrected chi connectivity index (χ4v) is 3.24. The number of hydrogen-bond donors (Lipinski definition) is 1. The van der Waals surface area contributed by atoms with Gasteiger partial charge in [0.1, 0.15) is 6.23 Å². The monoisotopic (exact) mass is 350 g/mol. The highest BCUT2D eigenvalue weighted by molar-refractivity contribution is 5.84. The predicted molar refractivity (Wildman–Crippen MR) is 89.4 cm³/mol. The number of nitrogens with zero attached hydrogens (tertiary/aromatic N) is 2. The summed E-state index contributed by atoms with van der Waals surface area (Å²) in [6.07, 6.45) is 4.14. The van der Waals surface area contributed by atoms with Crippen molar-refractivity contribution < 1.29 is 24.4 Å². The van der Waals surface area contributed by atoms with Gasteiger partial charge in [0.2, 0.25) is 0 Å². The maximum absolute atomic E-state index is 12.5. The Morgan fingerprint density at radius 1 is 1.44 bits per heavy atom. The van der Waals surface area contributed by atoms with Crippen LogP contribution in [0.3, 0.4) is 0 Å². The van der Waals surface area contributed by atoms with Crippen molar-refractivity contribution in [1.29, 1.82) is 0 Å². The first-order chi connectivity index (χ1) is 12.0. The van der Waals surface area contributed by atoms with Gasteiger partial charge in [0.15, 0.2) is 18.6 Å². The Hall–Kier alpha value is -2.48. The van der Waals surface area contributed by atoms with E-state index in [0.29, 0.717) is 6.29 Å². The summed E-state index contributed by atoms with van der Waals surface area (Å²) in [5.41, 5.74) is -0.582. The third kappa shape index (κ3) is 4.54. The van der Waals surface area contributed by atoms with Crippen LogP contribution in [0.2, 0.25) is 0 Å². The molecule has 1 aliphatic rings. The molecular formula is C17H22N2O6. The number of benzene rings is 1. The molecule has 2 rings (SSSR count). The molecule has 8 nitrogen and oxygen atoms in total. The van der Waals surface area contributed by atoms with Gasteiger partial charge in [0.25, 0.3) is 5.91 Å². The molecule has 0 spiro atoms. The van der Waals surface area contributed by atoms with Gasteiger partial charge < -0.3 is 14.7 Å². The highest BCUT2D eigenvalue weighted by atomic mass is 16.6. The second-order valence-corrected chi connectivity index (χ2v) is 6.08. The van der Waals surface area contributed by atoms with Gasteiger partial charge in [-0.1, -0.05) is 25.3 Å². The van der Waals surface area contributed by atoms with Gasteiger partial charge in [0, 0.05) is 6.04 Å². The molecular weight excluding hydrogens is 328 g/mol. The summed E-state index contributed by atoms with van der Waals surface area (Å²) in [7, 11) is 0. The van der Waals surface area contributed by atoms with Gasteiger partial charge in [-0.05, 0) is 31.9 Å². The van der Waals surface area contributed by atoms with Crippen molar-refractivity contribution in [3.8, 4) is 5.75 Å². The van der Waals surface area contributed by atoms with Crippen LogP contribution in [0.1, 0.15) is 49.4 Å². The zero-order chi connectivity index (χ0) is 18.4. The molecule has 136 valence electrons. The minimum atomic E-state index is -0.963. The molecule has 1 aromatic carbocycles. The molecule has 8 heteroatoms. The average molecular weight is 350 g/mol. The molecule has 0 aliphatic heterocycles. The summed E-state index contributed by atoms with van der Waals surface area (Å²) in [5, 5.41) is 21.1. The Labute approximate surface area is 145 Å². The molecule has 1 aliphatic carbocycles. The normalized spacial score (nSPS) is 16.1. The fourth-order valence-electron chi connectivity index (χ4n) is 3.24. The number of carbonyl (C=O) groups is 2. The fraction of sp³-hybridized carbons (Fsp3) is 0.529. The molecule has 0 aromatic heterocycles. The van der Waals surface area contributed by atoms with Gasteiger partial charge in [-0.15, -0.1) is 0 Å². The highest BCUT2D eigenvalue weighted by Crippen LogP contribution is 2.30. The summed E-state index contributed by atoms with van der Waals surface area (Å²) in [5.74, 6) is -0.579. The molecule has 1 unspecified atom stereocenters. The van der Waals surface area contributed by atoms with Gasteiger partial charge >= 0.3 is 5.69 Å². The zero-order valence-corrected chi connectivity index (χ0v) is 14.1. The van der Waals surface area contributed by atoms with Gasteiger partial charge in [0.05, 0.1) is 10.5 Å². The molecule has 0 saturated heterocycles. The number of aliphatic hydroxyl groups excluding tert-OH is 1. The van der Waals surface area contributed by atoms with Crippen LogP contribution < -0.4 is 4.74 Å². The summed E-state index contributed by atoms with van der Waals surface area (Å²) >= 11 is 0. The van der Waals surface area contributed by atoms with E-state index in [2.05, 4.69) is 0 Å². The number of amides is 1. The lowest BCUT2D eigenvalue weighted by Crippen LogP contribution is -2.48. The third-order valence-corrected chi connectivity index (χ3v) is 4.35. The van der Waals surface area contributed by atoms with Crippen molar-refractivity contribution in [2.24, 2.45) is 0 Å². The van der Waals surface area contributed by atoms with Crippen LogP contribution in [0, 0.1) is 10.1 Å². The van der Waals surface area contributed by atoms with E-state index in [4.69, 9.17) is 4.74 Å². The van der Waals surface area contributed by atoms with E-state index < -0.39 is 29.4 Å². The van der Waals surface area contributed by atoms with Crippen LogP contribution in [-0.2, 0) is 4.79 Å². The van der Waals surface area contributed by atoms with Gasteiger partial charge in [-0.3, -0.25) is 19.7 Å². The van der Waals surface area contributed by atoms with Crippen molar-refractivity contribution in [3.63, 3.8) is 0 Å². The van der Waals surface area contributed by atoms with Gasteiger partial charge in [-0.25, -0.2) is 0 Å². The number of aldehydes is 1. The number of nitro groups is 1. The van der Waals surface area contributed by atoms with E-state index in [1.807, 2.05) is 0 Å². The van der Waals surface area contributed by atoms with Crippen LogP contribution in [0.5, 0.6) is 5.75 Å². The van der Waals surface area contributed by atoms with E-state index in [1.165, 1.54) is 30.0 Å². The predicted octanol–water partition coefficient (Wildman–Crippen LogP) is 2.29. The second kappa shape index (κ2) is 8.57. The lowest BCUT2D eigenvalue weighted by Gasteiger charge is -2.36. The first-order valence-electron chi connectivity index (χ1n) is 8.30. The van der Waals surface area contributed by atoms with E-state index >= 15 is 0 Å². The number of para-hydroxylation sites is 1. The van der Waals surface area contributed by atoms with Gasteiger partial charge in [-0.2, -0.15) is 0 Å². The maximum Gasteiger partial charge on any atom is 0.321 e. The maximum atomic E-state index is 12.5. The second-order valence-electron chi connectivity index (χ2n) is 6.08. The van der Waals surface area contributed by atoms with Crippen molar-refractivity contribution >= 4 is 17.9 Å². The number of hydrogen-bond acceptors (Lipinski definition) is 6. The Morgan fingerprint density at radius 2 is 2.12 bits per heavy atom. The Balaban J connectivity index is 2.12. The lowest BCUT2D eigenvalue weighted by molar-refractivity contribution is -0.386. The molecule has 1 atom stereocenters. The molecule has 0 bridgehead atoms. The minimum absolute atomic E-state index is 0.0545. The highest BCUT2D eigenvalue weighted by Gasteiger charge is 2.29. The molecule has 1 N–H and O–H groups in total. The summed E-state index contributed by atoms with van der Waals surface area (Å²) in [6.45, 7) is 1.08. The number of aliphatic hydroxyl groups is 1. The number of ether oxygens (including phenoxy) is 1. The summed E-state index contributed by atoms with van der Waals surface area (Å²) in [6, 6.07) is 4.04. The zero-order valence-electron chi connectivity index (χ0n) is 14.1. The number of rotatable bonds is 7. The van der Waals surface area contributed by atoms with Crippen LogP contribution in [-0.4, -0.2) is 46.0 Å². The minimum Gasteiger partial charge on any atom is -0.477 e. The van der Waals surface area contributed by atoms with Crippen LogP contribution >= 0.6 is 0 Å². The summed E-state index contributed by atoms with van der Waals surface area (Å²) in [4.78, 5) is 35.3. The smallest absolute Gasteiger partial charge is 0.321 e. The van der Waals surface area contributed by atoms with Crippen LogP contribution in [0.25, 0.3) is 0 Å². The van der Waals surface area contributed by atoms with Crippen molar-refractivity contribution in [2.75, 3.05) is 6.61 Å². The quantitative estimate of drug-likeness (QED) is 0.350. The van der Waals surface area contributed by atoms with E-state index in [1.54, 1.807) is 0 Å². The van der Waals surface area contributed by atoms with Crippen molar-refractivity contribution in [1.82, 2.24) is 4.90 Å². The standard InChI is InChI=1S/C17H22N2O6/c1-12(21)18(14-7-3-2-4-8-14)16(22)11-25-15-9-5-6-13(10-20)17(15)19(23)24/h5-6,9-10,12,14,21H,2-4,7-8,11H2,1H3. The lowest BCUT2D eigenvalue weighted by atomic mass is 9.94. The average Bonchev–Trinajstić information content (AvgIpc) is 2.60. The van der Waals surface area contributed by atoms with Crippen LogP contribution in [0.15, 0.2) is 18.2 Å². The van der Waals surface area contributed by atoms with Crippen LogP contribution in [0.4, 0.5) is 5.69 Å². The summed E-state index contributed by atoms with van der Waals surface area (Å²) < 4.78 is 5.32. The molecule has 25 heavy (non-hydrogen) atoms. The van der Waals surface area contributed by atoms with E-state index in [0.717, 1.165) is 32.1 Å². The third-order valence-electron chi connectivity index (χ3n) is 4.35. The van der Waals surface area contributed by atoms with Crippen molar-refractivity contribution in [3.05, 3.63) is 33.9 Å². The molecule has 0 radical (unpaired) electrons. The number of carbonyl (C=O) groups excluding carboxylic acids is 2. The first kappa shape index (κ1) is 18.9. The number of nitro benzene ring substituents is 1. The SMILES string of the molecule is CC(O)N(C(=O)COc1cccc(C=O)c1[N+](=O)[O-])C1CCCCC1. The Bertz CT molecular complexity index is 640. The molecule has 1 amide bonds. The Morgan fingerprint density at radius 3 is 2.68 bits per heavy atom. The first-order valence-corrected chi connectivity index (χ1v) is 8.30. The molecule has 0 heterocycles. The molecule has 1 aromatic rings. The van der Waals surface area contributed by atoms with E-state index in [9.17, 15) is 24.8 Å². The van der Waals surface area contributed by atoms with E-state index in [-0.39, 0.29) is 17.4 Å². The largest absolute Gasteiger partial charge is 0.477 e. The molecule has 1 fully saturated rings.